The number of Topliss-reactive ketones (excluding diaryl/α,β-unsaturated/α-hetero) is 1. The number of fused-ring (bicyclic) bond motifs is 1. The zero-order valence-electron chi connectivity index (χ0n) is 22.2. The van der Waals surface area contributed by atoms with E-state index in [0.717, 1.165) is 36.8 Å². The number of carbonyl (C=O) groups is 1. The van der Waals surface area contributed by atoms with Gasteiger partial charge in [-0.15, -0.1) is 4.68 Å². The van der Waals surface area contributed by atoms with Gasteiger partial charge in [0, 0.05) is 23.8 Å². The molecule has 0 atom stereocenters. The van der Waals surface area contributed by atoms with E-state index in [1.165, 1.54) is 9.20 Å². The molecule has 9 heteroatoms. The van der Waals surface area contributed by atoms with Crippen LogP contribution >= 0.6 is 0 Å². The average molecular weight is 499 g/mol. The number of hydrogen-bond acceptors (Lipinski definition) is 7. The van der Waals surface area contributed by atoms with Crippen molar-refractivity contribution in [3.8, 4) is 11.6 Å². The van der Waals surface area contributed by atoms with Gasteiger partial charge in [-0.1, -0.05) is 55.2 Å². The van der Waals surface area contributed by atoms with Crippen LogP contribution in [-0.2, 0) is 12.0 Å². The van der Waals surface area contributed by atoms with Gasteiger partial charge in [0.15, 0.2) is 12.3 Å². The van der Waals surface area contributed by atoms with Gasteiger partial charge < -0.3 is 14.6 Å². The molecule has 0 aliphatic heterocycles. The minimum atomic E-state index is -0.163. The van der Waals surface area contributed by atoms with Gasteiger partial charge in [-0.25, -0.2) is 0 Å². The number of nitrogens with two attached hydrogens (primary N) is 1. The van der Waals surface area contributed by atoms with Crippen LogP contribution in [0.15, 0.2) is 24.3 Å². The van der Waals surface area contributed by atoms with Crippen LogP contribution in [0, 0.1) is 6.92 Å². The second-order valence-corrected chi connectivity index (χ2v) is 10.2. The molecule has 0 fully saturated rings. The standard InChI is InChI=1S/C27H39N5O4/c1-6-7-9-13-36-24-14-19(2)25-30-31(26(28)32(25)29-24)18-23(34)20-15-21(27(3,4)5)17-22(16-20)35-12-10-8-11-33/h14-17,28,33H,6-13,18H2,1-5H3/p+1. The van der Waals surface area contributed by atoms with Crippen molar-refractivity contribution in [2.45, 2.75) is 78.7 Å². The lowest BCUT2D eigenvalue weighted by Gasteiger charge is -2.21. The number of nitrogen functional groups attached to an aromatic ring is 1. The highest BCUT2D eigenvalue weighted by Gasteiger charge is 2.24. The Morgan fingerprint density at radius 3 is 2.50 bits per heavy atom. The zero-order chi connectivity index (χ0) is 26.3. The first kappa shape index (κ1) is 27.4. The molecule has 0 aliphatic rings. The summed E-state index contributed by atoms with van der Waals surface area (Å²) < 4.78 is 14.7. The third-order valence-corrected chi connectivity index (χ3v) is 6.00. The van der Waals surface area contributed by atoms with Gasteiger partial charge >= 0.3 is 5.95 Å². The van der Waals surface area contributed by atoms with Gasteiger partial charge in [-0.2, -0.15) is 0 Å². The van der Waals surface area contributed by atoms with Crippen molar-refractivity contribution in [2.75, 3.05) is 25.6 Å². The predicted molar refractivity (Wildman–Crippen MR) is 139 cm³/mol. The highest BCUT2D eigenvalue weighted by Crippen LogP contribution is 2.28. The molecule has 0 unspecified atom stereocenters. The Labute approximate surface area is 213 Å². The van der Waals surface area contributed by atoms with Crippen molar-refractivity contribution in [1.29, 1.82) is 0 Å². The molecule has 196 valence electrons. The molecule has 1 aromatic carbocycles. The van der Waals surface area contributed by atoms with E-state index in [2.05, 4.69) is 37.9 Å². The Kier molecular flexibility index (Phi) is 9.25. The van der Waals surface area contributed by atoms with Crippen molar-refractivity contribution >= 4 is 17.4 Å². The van der Waals surface area contributed by atoms with E-state index in [1.54, 1.807) is 6.07 Å². The molecule has 2 heterocycles. The van der Waals surface area contributed by atoms with E-state index in [1.807, 2.05) is 25.1 Å². The van der Waals surface area contributed by atoms with Gasteiger partial charge in [0.2, 0.25) is 5.88 Å². The number of aryl methyl sites for hydroxylation is 1. The number of ether oxygens (including phenoxy) is 2. The number of aliphatic hydroxyl groups is 1. The molecule has 0 spiro atoms. The molecule has 9 nitrogen and oxygen atoms in total. The lowest BCUT2D eigenvalue weighted by atomic mass is 9.85. The smallest absolute Gasteiger partial charge is 0.401 e. The Hall–Kier alpha value is -3.20. The predicted octanol–water partition coefficient (Wildman–Crippen LogP) is 3.81. The largest absolute Gasteiger partial charge is 0.494 e. The number of hydrogen-bond donors (Lipinski definition) is 2. The number of ketones is 1. The van der Waals surface area contributed by atoms with Crippen LogP contribution in [0.1, 0.15) is 81.3 Å². The van der Waals surface area contributed by atoms with E-state index < -0.39 is 0 Å². The van der Waals surface area contributed by atoms with Crippen LogP contribution in [0.5, 0.6) is 11.6 Å². The maximum Gasteiger partial charge on any atom is 0.401 e. The van der Waals surface area contributed by atoms with E-state index in [4.69, 9.17) is 20.3 Å². The normalized spacial score (nSPS) is 11.7. The first-order valence-electron chi connectivity index (χ1n) is 12.7. The number of aromatic nitrogens is 4. The molecule has 0 saturated carbocycles. The van der Waals surface area contributed by atoms with Crippen molar-refractivity contribution in [3.63, 3.8) is 0 Å². The summed E-state index contributed by atoms with van der Waals surface area (Å²) in [7, 11) is 0. The molecular formula is C27H40N5O4+. The van der Waals surface area contributed by atoms with E-state index in [-0.39, 0.29) is 30.3 Å². The average Bonchev–Trinajstić information content (AvgIpc) is 3.14. The molecule has 36 heavy (non-hydrogen) atoms. The Balaban J connectivity index is 1.84. The van der Waals surface area contributed by atoms with Crippen LogP contribution < -0.4 is 19.9 Å². The summed E-state index contributed by atoms with van der Waals surface area (Å²) >= 11 is 0. The summed E-state index contributed by atoms with van der Waals surface area (Å²) in [5.41, 5.74) is 9.17. The topological polar surface area (TPSA) is 116 Å². The SMILES string of the molecule is CCCCCOc1cc(C)c2n[n+](CC(=O)c3cc(OCCCCO)cc(C(C)(C)C)c3)c(N)n2n1. The fraction of sp³-hybridized carbons (Fsp3) is 0.556. The summed E-state index contributed by atoms with van der Waals surface area (Å²) in [5, 5.41) is 18.0. The van der Waals surface area contributed by atoms with E-state index in [0.29, 0.717) is 42.5 Å². The number of carbonyl (C=O) groups excluding carboxylic acids is 1. The Morgan fingerprint density at radius 2 is 1.81 bits per heavy atom. The number of rotatable bonds is 13. The van der Waals surface area contributed by atoms with Gasteiger partial charge in [0.1, 0.15) is 5.75 Å². The minimum Gasteiger partial charge on any atom is -0.494 e. The van der Waals surface area contributed by atoms with Crippen LogP contribution in [-0.4, -0.2) is 45.4 Å². The molecule has 0 radical (unpaired) electrons. The maximum absolute atomic E-state index is 13.3. The second-order valence-electron chi connectivity index (χ2n) is 10.2. The molecule has 0 saturated heterocycles. The summed E-state index contributed by atoms with van der Waals surface area (Å²) in [5.74, 6) is 1.25. The lowest BCUT2D eigenvalue weighted by molar-refractivity contribution is -0.723. The third kappa shape index (κ3) is 6.94. The Morgan fingerprint density at radius 1 is 1.08 bits per heavy atom. The molecule has 3 N–H and O–H groups in total. The summed E-state index contributed by atoms with van der Waals surface area (Å²) in [6.07, 6.45) is 4.59. The van der Waals surface area contributed by atoms with Gasteiger partial charge in [-0.05, 0) is 55.4 Å². The molecule has 3 aromatic rings. The molecular weight excluding hydrogens is 458 g/mol. The summed E-state index contributed by atoms with van der Waals surface area (Å²) in [6, 6.07) is 7.47. The van der Waals surface area contributed by atoms with Crippen LogP contribution in [0.3, 0.4) is 0 Å². The first-order valence-corrected chi connectivity index (χ1v) is 12.7. The molecule has 0 bridgehead atoms. The van der Waals surface area contributed by atoms with Crippen LogP contribution in [0.4, 0.5) is 5.95 Å². The van der Waals surface area contributed by atoms with Crippen LogP contribution in [0.2, 0.25) is 0 Å². The number of anilines is 1. The van der Waals surface area contributed by atoms with Crippen molar-refractivity contribution in [3.05, 3.63) is 41.0 Å². The molecule has 2 aromatic heterocycles. The van der Waals surface area contributed by atoms with Gasteiger partial charge in [-0.3, -0.25) is 10.5 Å². The van der Waals surface area contributed by atoms with Crippen molar-refractivity contribution in [1.82, 2.24) is 14.7 Å². The molecule has 0 aliphatic carbocycles. The van der Waals surface area contributed by atoms with E-state index >= 15 is 0 Å². The fourth-order valence-electron chi connectivity index (χ4n) is 3.77. The minimum absolute atomic E-state index is 0.0289. The first-order chi connectivity index (χ1) is 17.1. The third-order valence-electron chi connectivity index (χ3n) is 6.00. The van der Waals surface area contributed by atoms with Crippen molar-refractivity contribution < 1.29 is 24.1 Å². The monoisotopic (exact) mass is 498 g/mol. The second kappa shape index (κ2) is 12.2. The van der Waals surface area contributed by atoms with Crippen LogP contribution in [0.25, 0.3) is 5.65 Å². The maximum atomic E-state index is 13.3. The molecule has 3 rings (SSSR count). The highest BCUT2D eigenvalue weighted by molar-refractivity contribution is 5.95. The number of benzene rings is 1. The number of unbranched alkanes of at least 4 members (excludes halogenated alkanes) is 3. The number of aliphatic hydroxyl groups excluding tert-OH is 1. The zero-order valence-corrected chi connectivity index (χ0v) is 22.2. The highest BCUT2D eigenvalue weighted by atomic mass is 16.5. The number of nitrogens with zero attached hydrogens (tertiary/aromatic N) is 4. The van der Waals surface area contributed by atoms with Gasteiger partial charge in [0.05, 0.1) is 13.2 Å². The van der Waals surface area contributed by atoms with Gasteiger partial charge in [0.25, 0.3) is 5.65 Å². The summed E-state index contributed by atoms with van der Waals surface area (Å²) in [6.45, 7) is 11.5. The van der Waals surface area contributed by atoms with E-state index in [9.17, 15) is 4.79 Å². The Bertz CT molecular complexity index is 1180. The quantitative estimate of drug-likeness (QED) is 0.209. The van der Waals surface area contributed by atoms with Crippen molar-refractivity contribution in [2.24, 2.45) is 0 Å². The summed E-state index contributed by atoms with van der Waals surface area (Å²) in [4.78, 5) is 13.3. The fourth-order valence-corrected chi connectivity index (χ4v) is 3.77. The molecule has 0 amide bonds. The lowest BCUT2D eigenvalue weighted by Crippen LogP contribution is -2.42.